The topological polar surface area (TPSA) is 68.5 Å². The number of rotatable bonds is 5. The van der Waals surface area contributed by atoms with Crippen molar-refractivity contribution in [2.75, 3.05) is 18.5 Å². The van der Waals surface area contributed by atoms with Crippen LogP contribution in [0.1, 0.15) is 29.8 Å². The monoisotopic (exact) mass is 430 g/mol. The summed E-state index contributed by atoms with van der Waals surface area (Å²) in [6.45, 7) is 0.935. The maximum Gasteiger partial charge on any atom is 0.235 e. The molecule has 0 atom stereocenters. The van der Waals surface area contributed by atoms with Gasteiger partial charge in [0.25, 0.3) is 0 Å². The number of hydrogen-bond donors (Lipinski definition) is 1. The second kappa shape index (κ2) is 8.51. The maximum atomic E-state index is 13.9. The molecular formula is C25H23FN4O2. The van der Waals surface area contributed by atoms with Crippen LogP contribution < -0.4 is 5.32 Å². The van der Waals surface area contributed by atoms with E-state index in [2.05, 4.69) is 15.5 Å². The summed E-state index contributed by atoms with van der Waals surface area (Å²) in [5.41, 5.74) is 2.46. The molecule has 0 spiro atoms. The summed E-state index contributed by atoms with van der Waals surface area (Å²) in [6.07, 6.45) is 3.60. The van der Waals surface area contributed by atoms with E-state index in [-0.39, 0.29) is 11.7 Å². The fourth-order valence-corrected chi connectivity index (χ4v) is 4.30. The quantitative estimate of drug-likeness (QED) is 0.517. The van der Waals surface area contributed by atoms with Gasteiger partial charge < -0.3 is 10.1 Å². The number of halogens is 1. The summed E-state index contributed by atoms with van der Waals surface area (Å²) in [6, 6.07) is 19.8. The smallest absolute Gasteiger partial charge is 0.235 e. The van der Waals surface area contributed by atoms with Crippen LogP contribution in [0.3, 0.4) is 0 Å². The van der Waals surface area contributed by atoms with Gasteiger partial charge in [-0.05, 0) is 60.4 Å². The van der Waals surface area contributed by atoms with Gasteiger partial charge in [0.05, 0.1) is 5.41 Å². The van der Waals surface area contributed by atoms with E-state index in [1.54, 1.807) is 6.07 Å². The first kappa shape index (κ1) is 20.3. The molecule has 0 radical (unpaired) electrons. The minimum Gasteiger partial charge on any atom is -0.381 e. The summed E-state index contributed by atoms with van der Waals surface area (Å²) < 4.78 is 21.4. The number of pyridine rings is 1. The second-order valence-electron chi connectivity index (χ2n) is 8.08. The van der Waals surface area contributed by atoms with Gasteiger partial charge in [-0.2, -0.15) is 0 Å². The van der Waals surface area contributed by atoms with Crippen molar-refractivity contribution in [1.29, 1.82) is 0 Å². The Morgan fingerprint density at radius 2 is 1.84 bits per heavy atom. The molecule has 1 aliphatic rings. The minimum atomic E-state index is -0.806. The number of nitrogens with one attached hydrogen (secondary N) is 1. The van der Waals surface area contributed by atoms with Crippen molar-refractivity contribution < 1.29 is 13.9 Å². The van der Waals surface area contributed by atoms with Crippen molar-refractivity contribution in [3.05, 3.63) is 95.7 Å². The molecule has 0 bridgehead atoms. The van der Waals surface area contributed by atoms with Crippen molar-refractivity contribution in [1.82, 2.24) is 14.6 Å². The number of anilines is 1. The largest absolute Gasteiger partial charge is 0.381 e. The Kier molecular flexibility index (Phi) is 5.41. The van der Waals surface area contributed by atoms with Gasteiger partial charge in [0.15, 0.2) is 5.65 Å². The molecule has 1 aliphatic heterocycles. The molecule has 1 fully saturated rings. The standard InChI is InChI=1S/C25H23FN4O2/c26-20-5-3-4-19(17-20)25(11-14-32-15-12-25)24(31)27-21-9-7-18(8-10-21)16-23-29-28-22-6-1-2-13-30(22)23/h1-10,13,17H,11-12,14-16H2,(H,27,31). The highest BCUT2D eigenvalue weighted by atomic mass is 19.1. The molecule has 5 rings (SSSR count). The third-order valence-electron chi connectivity index (χ3n) is 6.12. The molecule has 2 aromatic carbocycles. The molecule has 7 heteroatoms. The van der Waals surface area contributed by atoms with Crippen molar-refractivity contribution in [2.24, 2.45) is 0 Å². The first-order valence-corrected chi connectivity index (χ1v) is 10.7. The first-order valence-electron chi connectivity index (χ1n) is 10.7. The highest BCUT2D eigenvalue weighted by molar-refractivity contribution is 5.99. The summed E-state index contributed by atoms with van der Waals surface area (Å²) in [5.74, 6) is 0.374. The number of amides is 1. The Balaban J connectivity index is 1.34. The van der Waals surface area contributed by atoms with Crippen LogP contribution in [0.2, 0.25) is 0 Å². The number of nitrogens with zero attached hydrogens (tertiary/aromatic N) is 3. The van der Waals surface area contributed by atoms with E-state index in [0.717, 1.165) is 17.0 Å². The van der Waals surface area contributed by atoms with Crippen LogP contribution in [0.25, 0.3) is 5.65 Å². The molecule has 1 saturated heterocycles. The van der Waals surface area contributed by atoms with Crippen LogP contribution >= 0.6 is 0 Å². The lowest BCUT2D eigenvalue weighted by molar-refractivity contribution is -0.125. The molecule has 6 nitrogen and oxygen atoms in total. The van der Waals surface area contributed by atoms with E-state index < -0.39 is 5.41 Å². The van der Waals surface area contributed by atoms with Gasteiger partial charge >= 0.3 is 0 Å². The number of fused-ring (bicyclic) bond motifs is 1. The predicted molar refractivity (Wildman–Crippen MR) is 119 cm³/mol. The number of aromatic nitrogens is 3. The zero-order valence-electron chi connectivity index (χ0n) is 17.5. The van der Waals surface area contributed by atoms with E-state index in [0.29, 0.717) is 43.7 Å². The molecule has 0 saturated carbocycles. The van der Waals surface area contributed by atoms with Crippen molar-refractivity contribution in [3.63, 3.8) is 0 Å². The summed E-state index contributed by atoms with van der Waals surface area (Å²) in [5, 5.41) is 11.5. The first-order chi connectivity index (χ1) is 15.6. The van der Waals surface area contributed by atoms with Gasteiger partial charge in [-0.1, -0.05) is 30.3 Å². The number of hydrogen-bond acceptors (Lipinski definition) is 4. The van der Waals surface area contributed by atoms with E-state index >= 15 is 0 Å². The zero-order valence-corrected chi connectivity index (χ0v) is 17.5. The van der Waals surface area contributed by atoms with E-state index in [1.807, 2.05) is 59.1 Å². The fraction of sp³-hybridized carbons (Fsp3) is 0.240. The Hall–Kier alpha value is -3.58. The molecule has 1 amide bonds. The summed E-state index contributed by atoms with van der Waals surface area (Å²) >= 11 is 0. The summed E-state index contributed by atoms with van der Waals surface area (Å²) in [7, 11) is 0. The van der Waals surface area contributed by atoms with Gasteiger partial charge in [0.2, 0.25) is 5.91 Å². The average Bonchev–Trinajstić information content (AvgIpc) is 3.23. The van der Waals surface area contributed by atoms with Crippen molar-refractivity contribution >= 4 is 17.2 Å². The zero-order chi connectivity index (χ0) is 22.0. The van der Waals surface area contributed by atoms with E-state index in [9.17, 15) is 9.18 Å². The molecule has 4 aromatic rings. The number of carbonyl (C=O) groups excluding carboxylic acids is 1. The average molecular weight is 430 g/mol. The van der Waals surface area contributed by atoms with Gasteiger partial charge in [0, 0.05) is 31.5 Å². The van der Waals surface area contributed by atoms with Gasteiger partial charge in [-0.25, -0.2) is 4.39 Å². The molecule has 1 N–H and O–H groups in total. The van der Waals surface area contributed by atoms with Gasteiger partial charge in [0.1, 0.15) is 11.6 Å². The van der Waals surface area contributed by atoms with Crippen LogP contribution in [0, 0.1) is 5.82 Å². The summed E-state index contributed by atoms with van der Waals surface area (Å²) in [4.78, 5) is 13.4. The van der Waals surface area contributed by atoms with Gasteiger partial charge in [-0.15, -0.1) is 10.2 Å². The number of carbonyl (C=O) groups is 1. The fourth-order valence-electron chi connectivity index (χ4n) is 4.30. The molecular weight excluding hydrogens is 407 g/mol. The van der Waals surface area contributed by atoms with E-state index in [1.165, 1.54) is 12.1 Å². The van der Waals surface area contributed by atoms with Crippen LogP contribution in [0.5, 0.6) is 0 Å². The highest BCUT2D eigenvalue weighted by Crippen LogP contribution is 2.36. The lowest BCUT2D eigenvalue weighted by atomic mass is 9.73. The van der Waals surface area contributed by atoms with Crippen molar-refractivity contribution in [3.8, 4) is 0 Å². The molecule has 32 heavy (non-hydrogen) atoms. The third kappa shape index (κ3) is 3.87. The second-order valence-corrected chi connectivity index (χ2v) is 8.08. The van der Waals surface area contributed by atoms with Crippen LogP contribution in [-0.4, -0.2) is 33.7 Å². The van der Waals surface area contributed by atoms with Crippen molar-refractivity contribution in [2.45, 2.75) is 24.7 Å². The van der Waals surface area contributed by atoms with Crippen LogP contribution in [0.4, 0.5) is 10.1 Å². The van der Waals surface area contributed by atoms with Gasteiger partial charge in [-0.3, -0.25) is 9.20 Å². The Morgan fingerprint density at radius 1 is 1.03 bits per heavy atom. The third-order valence-corrected chi connectivity index (χ3v) is 6.12. The molecule has 2 aromatic heterocycles. The minimum absolute atomic E-state index is 0.136. The lowest BCUT2D eigenvalue weighted by Crippen LogP contribution is -2.44. The number of ether oxygens (including phenoxy) is 1. The van der Waals surface area contributed by atoms with E-state index in [4.69, 9.17) is 4.74 Å². The Bertz CT molecular complexity index is 1250. The normalized spacial score (nSPS) is 15.5. The lowest BCUT2D eigenvalue weighted by Gasteiger charge is -2.36. The number of benzene rings is 2. The highest BCUT2D eigenvalue weighted by Gasteiger charge is 2.42. The Morgan fingerprint density at radius 3 is 2.62 bits per heavy atom. The molecule has 162 valence electrons. The SMILES string of the molecule is O=C(Nc1ccc(Cc2nnc3ccccn23)cc1)C1(c2cccc(F)c2)CCOCC1. The molecule has 0 unspecified atom stereocenters. The molecule has 3 heterocycles. The molecule has 0 aliphatic carbocycles. The maximum absolute atomic E-state index is 13.9. The Labute approximate surface area is 185 Å². The van der Waals surface area contributed by atoms with Crippen LogP contribution in [-0.2, 0) is 21.4 Å². The predicted octanol–water partition coefficient (Wildman–Crippen LogP) is 4.15. The van der Waals surface area contributed by atoms with Crippen LogP contribution in [0.15, 0.2) is 72.9 Å².